The molecule has 0 unspecified atom stereocenters. The van der Waals surface area contributed by atoms with Crippen LogP contribution in [0.1, 0.15) is 35.2 Å². The van der Waals surface area contributed by atoms with Gasteiger partial charge in [0.05, 0.1) is 29.5 Å². The van der Waals surface area contributed by atoms with Crippen LogP contribution in [0.15, 0.2) is 24.3 Å². The topological polar surface area (TPSA) is 91.2 Å². The highest BCUT2D eigenvalue weighted by atomic mass is 16.5. The Labute approximate surface area is 152 Å². The fourth-order valence-electron chi connectivity index (χ4n) is 3.09. The fraction of sp³-hybridized carbons (Fsp3) is 0.421. The van der Waals surface area contributed by atoms with Crippen molar-refractivity contribution in [3.05, 3.63) is 47.0 Å². The third-order valence-corrected chi connectivity index (χ3v) is 4.72. The van der Waals surface area contributed by atoms with E-state index in [1.807, 2.05) is 13.8 Å². The summed E-state index contributed by atoms with van der Waals surface area (Å²) in [4.78, 5) is 22.3. The molecular formula is C19H22N4O3. The van der Waals surface area contributed by atoms with Crippen molar-refractivity contribution in [3.8, 4) is 11.8 Å². The highest BCUT2D eigenvalue weighted by molar-refractivity contribution is 5.78. The Morgan fingerprint density at radius 3 is 2.69 bits per heavy atom. The Bertz CT molecular complexity index is 803. The van der Waals surface area contributed by atoms with Gasteiger partial charge in [0.15, 0.2) is 6.61 Å². The molecule has 1 amide bonds. The number of aromatic amines is 1. The summed E-state index contributed by atoms with van der Waals surface area (Å²) in [5, 5.41) is 8.82. The quantitative estimate of drug-likeness (QED) is 0.889. The maximum absolute atomic E-state index is 12.7. The summed E-state index contributed by atoms with van der Waals surface area (Å²) in [6.07, 6.45) is 0.676. The third-order valence-electron chi connectivity index (χ3n) is 4.72. The number of aryl methyl sites for hydroxylation is 2. The molecule has 1 saturated heterocycles. The van der Waals surface area contributed by atoms with E-state index in [1.165, 1.54) is 0 Å². The summed E-state index contributed by atoms with van der Waals surface area (Å²) in [6.45, 7) is 4.35. The van der Waals surface area contributed by atoms with Crippen molar-refractivity contribution in [1.82, 2.24) is 14.9 Å². The number of amides is 1. The summed E-state index contributed by atoms with van der Waals surface area (Å²) in [5.74, 6) is 1.22. The van der Waals surface area contributed by atoms with Crippen molar-refractivity contribution in [1.29, 1.82) is 5.26 Å². The first-order valence-corrected chi connectivity index (χ1v) is 8.50. The zero-order valence-corrected chi connectivity index (χ0v) is 15.2. The lowest BCUT2D eigenvalue weighted by Crippen LogP contribution is -2.36. The number of rotatable bonds is 5. The smallest absolute Gasteiger partial charge is 0.261 e. The highest BCUT2D eigenvalue weighted by Crippen LogP contribution is 2.32. The maximum Gasteiger partial charge on any atom is 0.261 e. The number of benzene rings is 1. The van der Waals surface area contributed by atoms with Crippen molar-refractivity contribution in [2.75, 3.05) is 20.3 Å². The number of carbonyl (C=O) groups excluding carboxylic acids is 1. The number of imidazole rings is 1. The second-order valence-electron chi connectivity index (χ2n) is 6.41. The maximum atomic E-state index is 12.7. The van der Waals surface area contributed by atoms with Crippen LogP contribution in [-0.4, -0.2) is 47.1 Å². The van der Waals surface area contributed by atoms with Crippen LogP contribution >= 0.6 is 0 Å². The number of nitrogens with zero attached hydrogens (tertiary/aromatic N) is 3. The van der Waals surface area contributed by atoms with Crippen molar-refractivity contribution < 1.29 is 14.3 Å². The van der Waals surface area contributed by atoms with Gasteiger partial charge in [0.25, 0.3) is 5.91 Å². The van der Waals surface area contributed by atoms with Crippen LogP contribution in [0.2, 0.25) is 0 Å². The third kappa shape index (κ3) is 3.70. The minimum Gasteiger partial charge on any atom is -0.484 e. The number of aromatic nitrogens is 2. The zero-order valence-electron chi connectivity index (χ0n) is 15.2. The Morgan fingerprint density at radius 2 is 2.12 bits per heavy atom. The number of ether oxygens (including phenoxy) is 2. The van der Waals surface area contributed by atoms with Gasteiger partial charge in [-0.2, -0.15) is 5.26 Å². The Balaban J connectivity index is 1.69. The number of nitrogens with one attached hydrogen (secondary N) is 1. The SMILES string of the molecule is CO[C@@H]1C[C@@H](c2nc(C)c(C)[nH]2)N(C(=O)COc2ccc(C#N)cc2)C1. The van der Waals surface area contributed by atoms with Crippen LogP contribution in [0.4, 0.5) is 0 Å². The number of hydrogen-bond donors (Lipinski definition) is 1. The van der Waals surface area contributed by atoms with Gasteiger partial charge in [-0.05, 0) is 38.1 Å². The minimum atomic E-state index is -0.149. The molecule has 2 aromatic rings. The van der Waals surface area contributed by atoms with Crippen LogP contribution in [-0.2, 0) is 9.53 Å². The van der Waals surface area contributed by atoms with Gasteiger partial charge >= 0.3 is 0 Å². The van der Waals surface area contributed by atoms with Crippen LogP contribution in [0, 0.1) is 25.2 Å². The molecule has 0 bridgehead atoms. The summed E-state index contributed by atoms with van der Waals surface area (Å²) >= 11 is 0. The van der Waals surface area contributed by atoms with Crippen LogP contribution in [0.25, 0.3) is 0 Å². The van der Waals surface area contributed by atoms with E-state index in [-0.39, 0.29) is 24.7 Å². The van der Waals surface area contributed by atoms with Gasteiger partial charge in [0.1, 0.15) is 11.6 Å². The molecule has 0 saturated carbocycles. The fourth-order valence-corrected chi connectivity index (χ4v) is 3.09. The number of likely N-dealkylation sites (tertiary alicyclic amines) is 1. The number of carbonyl (C=O) groups is 1. The van der Waals surface area contributed by atoms with Gasteiger partial charge in [-0.15, -0.1) is 0 Å². The predicted molar refractivity (Wildman–Crippen MR) is 94.6 cm³/mol. The van der Waals surface area contributed by atoms with Gasteiger partial charge in [0.2, 0.25) is 0 Å². The van der Waals surface area contributed by atoms with Gasteiger partial charge in [0, 0.05) is 25.8 Å². The molecule has 7 heteroatoms. The van der Waals surface area contributed by atoms with E-state index < -0.39 is 0 Å². The average molecular weight is 354 g/mol. The summed E-state index contributed by atoms with van der Waals surface area (Å²) in [7, 11) is 1.65. The minimum absolute atomic E-state index is 0.0235. The molecule has 2 atom stereocenters. The van der Waals surface area contributed by atoms with E-state index in [0.717, 1.165) is 17.2 Å². The Hall–Kier alpha value is -2.85. The molecule has 0 spiro atoms. The summed E-state index contributed by atoms with van der Waals surface area (Å²) < 4.78 is 11.1. The van der Waals surface area contributed by atoms with E-state index >= 15 is 0 Å². The van der Waals surface area contributed by atoms with Crippen molar-refractivity contribution in [3.63, 3.8) is 0 Å². The second kappa shape index (κ2) is 7.58. The molecule has 136 valence electrons. The molecular weight excluding hydrogens is 332 g/mol. The van der Waals surface area contributed by atoms with Crippen LogP contribution in [0.3, 0.4) is 0 Å². The molecule has 0 radical (unpaired) electrons. The standard InChI is InChI=1S/C19H22N4O3/c1-12-13(2)22-19(21-12)17-8-16(25-3)10-23(17)18(24)11-26-15-6-4-14(9-20)5-7-15/h4-7,16-17H,8,10-11H2,1-3H3,(H,21,22)/t16-,17+/m1/s1. The predicted octanol–water partition coefficient (Wildman–Crippen LogP) is 2.27. The molecule has 26 heavy (non-hydrogen) atoms. The van der Waals surface area contributed by atoms with Crippen LogP contribution < -0.4 is 4.74 Å². The molecule has 1 aromatic carbocycles. The van der Waals surface area contributed by atoms with E-state index in [9.17, 15) is 4.79 Å². The Morgan fingerprint density at radius 1 is 1.38 bits per heavy atom. The lowest BCUT2D eigenvalue weighted by Gasteiger charge is -2.23. The molecule has 1 fully saturated rings. The molecule has 1 aliphatic rings. The van der Waals surface area contributed by atoms with Gasteiger partial charge in [-0.25, -0.2) is 4.98 Å². The molecule has 3 rings (SSSR count). The molecule has 7 nitrogen and oxygen atoms in total. The number of nitriles is 1. The van der Waals surface area contributed by atoms with E-state index in [1.54, 1.807) is 36.3 Å². The summed E-state index contributed by atoms with van der Waals surface area (Å²) in [6, 6.07) is 8.59. The van der Waals surface area contributed by atoms with E-state index in [2.05, 4.69) is 16.0 Å². The monoisotopic (exact) mass is 354 g/mol. The molecule has 0 aliphatic carbocycles. The lowest BCUT2D eigenvalue weighted by molar-refractivity contribution is -0.134. The van der Waals surface area contributed by atoms with Crippen LogP contribution in [0.5, 0.6) is 5.75 Å². The first kappa shape index (κ1) is 18.0. The average Bonchev–Trinajstić information content (AvgIpc) is 3.23. The normalized spacial score (nSPS) is 19.4. The Kier molecular flexibility index (Phi) is 5.24. The van der Waals surface area contributed by atoms with Crippen molar-refractivity contribution >= 4 is 5.91 Å². The van der Waals surface area contributed by atoms with Crippen molar-refractivity contribution in [2.24, 2.45) is 0 Å². The highest BCUT2D eigenvalue weighted by Gasteiger charge is 2.38. The molecule has 1 N–H and O–H groups in total. The van der Waals surface area contributed by atoms with Gasteiger partial charge in [-0.3, -0.25) is 4.79 Å². The summed E-state index contributed by atoms with van der Waals surface area (Å²) in [5.41, 5.74) is 2.49. The van der Waals surface area contributed by atoms with Gasteiger partial charge < -0.3 is 19.4 Å². The van der Waals surface area contributed by atoms with Gasteiger partial charge in [-0.1, -0.05) is 0 Å². The van der Waals surface area contributed by atoms with E-state index in [4.69, 9.17) is 14.7 Å². The number of hydrogen-bond acceptors (Lipinski definition) is 5. The zero-order chi connectivity index (χ0) is 18.7. The number of H-pyrrole nitrogens is 1. The number of methoxy groups -OCH3 is 1. The largest absolute Gasteiger partial charge is 0.484 e. The van der Waals surface area contributed by atoms with Crippen molar-refractivity contribution in [2.45, 2.75) is 32.4 Å². The van der Waals surface area contributed by atoms with E-state index in [0.29, 0.717) is 24.3 Å². The molecule has 2 heterocycles. The molecule has 1 aromatic heterocycles. The molecule has 1 aliphatic heterocycles. The second-order valence-corrected chi connectivity index (χ2v) is 6.41. The first-order valence-electron chi connectivity index (χ1n) is 8.50. The first-order chi connectivity index (χ1) is 12.5. The lowest BCUT2D eigenvalue weighted by atomic mass is 10.2.